The predicted octanol–water partition coefficient (Wildman–Crippen LogP) is 4.28. The number of aryl methyl sites for hydroxylation is 2. The minimum Gasteiger partial charge on any atom is -0.348 e. The van der Waals surface area contributed by atoms with Gasteiger partial charge in [-0.15, -0.1) is 0 Å². The van der Waals surface area contributed by atoms with Gasteiger partial charge in [0.1, 0.15) is 0 Å². The van der Waals surface area contributed by atoms with Crippen molar-refractivity contribution < 1.29 is 9.59 Å². The summed E-state index contributed by atoms with van der Waals surface area (Å²) in [7, 11) is 0. The summed E-state index contributed by atoms with van der Waals surface area (Å²) in [6.45, 7) is 4.48. The third kappa shape index (κ3) is 5.87. The monoisotopic (exact) mass is 385 g/mol. The summed E-state index contributed by atoms with van der Waals surface area (Å²) >= 11 is 0. The summed E-state index contributed by atoms with van der Waals surface area (Å²) < 4.78 is 0. The first-order valence-electron chi connectivity index (χ1n) is 9.35. The molecule has 146 valence electrons. The van der Waals surface area contributed by atoms with E-state index in [1.807, 2.05) is 56.3 Å². The Hall–Kier alpha value is -3.73. The van der Waals surface area contributed by atoms with Gasteiger partial charge in [0.05, 0.1) is 0 Å². The Morgan fingerprint density at radius 3 is 2.38 bits per heavy atom. The molecular weight excluding hydrogens is 362 g/mol. The van der Waals surface area contributed by atoms with Crippen molar-refractivity contribution in [3.63, 3.8) is 0 Å². The maximum absolute atomic E-state index is 12.1. The molecule has 2 N–H and O–H groups in total. The Kier molecular flexibility index (Phi) is 6.53. The molecule has 0 fully saturated rings. The third-order valence-corrected chi connectivity index (χ3v) is 4.46. The fraction of sp³-hybridized carbons (Fsp3) is 0.125. The van der Waals surface area contributed by atoms with E-state index in [0.717, 1.165) is 16.7 Å². The molecule has 3 rings (SSSR count). The molecule has 0 saturated carbocycles. The highest BCUT2D eigenvalue weighted by Gasteiger charge is 2.05. The molecule has 0 radical (unpaired) electrons. The topological polar surface area (TPSA) is 71.1 Å². The van der Waals surface area contributed by atoms with Gasteiger partial charge in [-0.05, 0) is 60.9 Å². The molecule has 0 aliphatic rings. The van der Waals surface area contributed by atoms with Crippen LogP contribution in [0.2, 0.25) is 0 Å². The van der Waals surface area contributed by atoms with Crippen LogP contribution in [0, 0.1) is 13.8 Å². The van der Waals surface area contributed by atoms with Crippen molar-refractivity contribution in [3.05, 3.63) is 101 Å². The summed E-state index contributed by atoms with van der Waals surface area (Å²) in [4.78, 5) is 28.1. The zero-order chi connectivity index (χ0) is 20.6. The number of carbonyl (C=O) groups is 2. The number of hydrogen-bond donors (Lipinski definition) is 2. The molecule has 0 aliphatic carbocycles. The number of nitrogens with one attached hydrogen (secondary N) is 2. The Morgan fingerprint density at radius 1 is 0.966 bits per heavy atom. The number of aromatic nitrogens is 1. The third-order valence-electron chi connectivity index (χ3n) is 4.46. The smallest absolute Gasteiger partial charge is 0.255 e. The Balaban J connectivity index is 1.51. The van der Waals surface area contributed by atoms with E-state index in [0.29, 0.717) is 17.8 Å². The fourth-order valence-electron chi connectivity index (χ4n) is 2.84. The Labute approximate surface area is 170 Å². The molecule has 5 nitrogen and oxygen atoms in total. The number of hydrogen-bond acceptors (Lipinski definition) is 3. The van der Waals surface area contributed by atoms with Crippen molar-refractivity contribution >= 4 is 23.6 Å². The van der Waals surface area contributed by atoms with Crippen LogP contribution in [0.4, 0.5) is 5.69 Å². The van der Waals surface area contributed by atoms with Crippen LogP contribution in [0.25, 0.3) is 6.08 Å². The van der Waals surface area contributed by atoms with E-state index in [-0.39, 0.29) is 11.8 Å². The van der Waals surface area contributed by atoms with Crippen LogP contribution in [0.1, 0.15) is 32.6 Å². The second kappa shape index (κ2) is 9.46. The number of amides is 2. The molecule has 3 aromatic rings. The summed E-state index contributed by atoms with van der Waals surface area (Å²) in [6, 6.07) is 16.8. The molecular formula is C24H23N3O2. The van der Waals surface area contributed by atoms with Crippen molar-refractivity contribution in [1.29, 1.82) is 0 Å². The van der Waals surface area contributed by atoms with Crippen LogP contribution < -0.4 is 10.6 Å². The summed E-state index contributed by atoms with van der Waals surface area (Å²) in [5.74, 6) is -0.343. The van der Waals surface area contributed by atoms with Crippen LogP contribution in [0.5, 0.6) is 0 Å². The van der Waals surface area contributed by atoms with Gasteiger partial charge in [-0.2, -0.15) is 0 Å². The average molecular weight is 385 g/mol. The normalized spacial score (nSPS) is 10.7. The molecule has 2 amide bonds. The zero-order valence-corrected chi connectivity index (χ0v) is 16.5. The van der Waals surface area contributed by atoms with Gasteiger partial charge >= 0.3 is 0 Å². The molecule has 0 bridgehead atoms. The molecule has 2 aromatic carbocycles. The molecule has 0 saturated heterocycles. The van der Waals surface area contributed by atoms with Crippen LogP contribution >= 0.6 is 0 Å². The highest BCUT2D eigenvalue weighted by Crippen LogP contribution is 2.13. The van der Waals surface area contributed by atoms with Gasteiger partial charge in [0.2, 0.25) is 5.91 Å². The fourth-order valence-corrected chi connectivity index (χ4v) is 2.84. The van der Waals surface area contributed by atoms with E-state index in [4.69, 9.17) is 0 Å². The molecule has 0 aliphatic heterocycles. The maximum atomic E-state index is 12.1. The molecule has 1 aromatic heterocycles. The summed E-state index contributed by atoms with van der Waals surface area (Å²) in [5.41, 5.74) is 5.55. The Morgan fingerprint density at radius 2 is 1.69 bits per heavy atom. The predicted molar refractivity (Wildman–Crippen MR) is 115 cm³/mol. The first-order valence-corrected chi connectivity index (χ1v) is 9.35. The number of carbonyl (C=O) groups excluding carboxylic acids is 2. The second-order valence-electron chi connectivity index (χ2n) is 6.80. The van der Waals surface area contributed by atoms with Crippen LogP contribution in [-0.4, -0.2) is 16.8 Å². The van der Waals surface area contributed by atoms with E-state index in [1.54, 1.807) is 30.6 Å². The van der Waals surface area contributed by atoms with Gasteiger partial charge in [-0.25, -0.2) is 0 Å². The lowest BCUT2D eigenvalue weighted by Crippen LogP contribution is -2.20. The zero-order valence-electron chi connectivity index (χ0n) is 16.5. The van der Waals surface area contributed by atoms with E-state index in [1.165, 1.54) is 5.56 Å². The van der Waals surface area contributed by atoms with Gasteiger partial charge in [-0.3, -0.25) is 14.6 Å². The lowest BCUT2D eigenvalue weighted by atomic mass is 10.1. The molecule has 0 unspecified atom stereocenters. The molecule has 0 atom stereocenters. The Bertz CT molecular complexity index is 1030. The van der Waals surface area contributed by atoms with E-state index in [9.17, 15) is 9.59 Å². The number of nitrogens with zero attached hydrogens (tertiary/aromatic N) is 1. The maximum Gasteiger partial charge on any atom is 0.255 e. The number of rotatable bonds is 6. The highest BCUT2D eigenvalue weighted by atomic mass is 16.2. The minimum absolute atomic E-state index is 0.153. The van der Waals surface area contributed by atoms with Gasteiger partial charge < -0.3 is 10.6 Å². The van der Waals surface area contributed by atoms with Crippen molar-refractivity contribution in [2.24, 2.45) is 0 Å². The van der Waals surface area contributed by atoms with E-state index < -0.39 is 0 Å². The summed E-state index contributed by atoms with van der Waals surface area (Å²) in [5, 5.41) is 5.70. The first-order chi connectivity index (χ1) is 14.0. The van der Waals surface area contributed by atoms with Crippen LogP contribution in [0.15, 0.2) is 73.1 Å². The molecule has 0 spiro atoms. The van der Waals surface area contributed by atoms with Gasteiger partial charge in [0, 0.05) is 36.3 Å². The second-order valence-corrected chi connectivity index (χ2v) is 6.80. The first kappa shape index (κ1) is 20.0. The average Bonchev–Trinajstić information content (AvgIpc) is 2.73. The standard InChI is InChI=1S/C24H23N3O2/c1-17-3-6-20(18(2)15-17)7-10-23(28)26-16-19-4-8-22(9-5-19)27-24(29)21-11-13-25-14-12-21/h3-15H,16H2,1-2H3,(H,26,28)(H,27,29)/b10-7+. The lowest BCUT2D eigenvalue weighted by Gasteiger charge is -2.07. The quantitative estimate of drug-likeness (QED) is 0.622. The van der Waals surface area contributed by atoms with Crippen molar-refractivity contribution in [2.45, 2.75) is 20.4 Å². The van der Waals surface area contributed by atoms with Gasteiger partial charge in [0.15, 0.2) is 0 Å². The number of anilines is 1. The van der Waals surface area contributed by atoms with E-state index in [2.05, 4.69) is 21.7 Å². The SMILES string of the molecule is Cc1ccc(/C=C/C(=O)NCc2ccc(NC(=O)c3ccncc3)cc2)c(C)c1. The summed E-state index contributed by atoms with van der Waals surface area (Å²) in [6.07, 6.45) is 6.52. The molecule has 29 heavy (non-hydrogen) atoms. The highest BCUT2D eigenvalue weighted by molar-refractivity contribution is 6.04. The molecule has 5 heteroatoms. The van der Waals surface area contributed by atoms with Crippen LogP contribution in [0.3, 0.4) is 0 Å². The minimum atomic E-state index is -0.190. The van der Waals surface area contributed by atoms with Crippen molar-refractivity contribution in [3.8, 4) is 0 Å². The van der Waals surface area contributed by atoms with Crippen molar-refractivity contribution in [1.82, 2.24) is 10.3 Å². The van der Waals surface area contributed by atoms with Crippen molar-refractivity contribution in [2.75, 3.05) is 5.32 Å². The van der Waals surface area contributed by atoms with Gasteiger partial charge in [-0.1, -0.05) is 35.9 Å². The largest absolute Gasteiger partial charge is 0.348 e. The van der Waals surface area contributed by atoms with Crippen LogP contribution in [-0.2, 0) is 11.3 Å². The number of pyridine rings is 1. The van der Waals surface area contributed by atoms with E-state index >= 15 is 0 Å². The number of benzene rings is 2. The van der Waals surface area contributed by atoms with Gasteiger partial charge in [0.25, 0.3) is 5.91 Å². The lowest BCUT2D eigenvalue weighted by molar-refractivity contribution is -0.116. The molecule has 1 heterocycles.